The van der Waals surface area contributed by atoms with Gasteiger partial charge in [-0.1, -0.05) is 0 Å². The number of carboxylic acids is 8. The van der Waals surface area contributed by atoms with E-state index in [1.165, 1.54) is 9.80 Å². The second-order valence-corrected chi connectivity index (χ2v) is 17.0. The number of nitrogens with zero attached hydrogens (tertiary/aromatic N) is 6. The maximum atomic E-state index is 13.5. The Labute approximate surface area is 425 Å². The van der Waals surface area contributed by atoms with Crippen molar-refractivity contribution in [2.75, 3.05) is 138 Å². The standard InChI is InChI=1S/C40H68N8O27/c49-19-22(41-25(53)9-45(13-29(59)60)5-1-43(11-27(55)56)3-7-47(15-31(63)64)16-32(65)66)36(71)39(23(52)20-50)75-40-35(38(73)37(72)24(21-51)74-40)42-26(54)10-46(14-30(61)62)6-2-44(12-28(57)58)4-8-48(17-33(67)68)18-34(69)70/h22-24,35-40,49-52,71-73H,1-21H2,(H,41,53)(H,42,54)(H,55,56)(H,57,58)(H,59,60)(H,61,62)(H,63,64)(H,65,66)(H,67,68)(H,69,70)/t22-,23-,24-,35-,36-,37-,38-,39-,40-/m1/s1. The zero-order valence-corrected chi connectivity index (χ0v) is 40.3. The third-order valence-corrected chi connectivity index (χ3v) is 10.9. The minimum absolute atomic E-state index is 0.227. The minimum atomic E-state index is -2.28. The molecule has 0 aliphatic carbocycles. The lowest BCUT2D eigenvalue weighted by Gasteiger charge is -2.44. The summed E-state index contributed by atoms with van der Waals surface area (Å²) in [5, 5.41) is 153. The maximum Gasteiger partial charge on any atom is 0.317 e. The fourth-order valence-electron chi connectivity index (χ4n) is 7.43. The maximum absolute atomic E-state index is 13.5. The molecule has 1 fully saturated rings. The quantitative estimate of drug-likeness (QED) is 0.0270. The molecule has 1 aliphatic heterocycles. The van der Waals surface area contributed by atoms with Crippen molar-refractivity contribution in [1.29, 1.82) is 0 Å². The van der Waals surface area contributed by atoms with Crippen LogP contribution in [-0.4, -0.2) is 358 Å². The van der Waals surface area contributed by atoms with Crippen molar-refractivity contribution in [1.82, 2.24) is 40.0 Å². The zero-order chi connectivity index (χ0) is 57.1. The van der Waals surface area contributed by atoms with E-state index in [9.17, 15) is 104 Å². The summed E-state index contributed by atoms with van der Waals surface area (Å²) >= 11 is 0. The van der Waals surface area contributed by atoms with Crippen molar-refractivity contribution in [2.24, 2.45) is 0 Å². The Kier molecular flexibility index (Phi) is 31.0. The molecule has 0 bridgehead atoms. The summed E-state index contributed by atoms with van der Waals surface area (Å²) in [5.41, 5.74) is 0. The average molecular weight is 1090 g/mol. The number of hydrogen-bond acceptors (Lipinski definition) is 25. The molecule has 1 aliphatic rings. The van der Waals surface area contributed by atoms with Gasteiger partial charge in [0.05, 0.1) is 91.3 Å². The van der Waals surface area contributed by atoms with Gasteiger partial charge in [-0.3, -0.25) is 77.3 Å². The second-order valence-electron chi connectivity index (χ2n) is 17.0. The minimum Gasteiger partial charge on any atom is -0.480 e. The first-order valence-electron chi connectivity index (χ1n) is 22.6. The SMILES string of the molecule is O=C(O)CN(CCN(CC(=O)O)CC(=O)O)CCN(CC(=O)O)CC(=O)N[C@H]1[C@@H](O[C@@H]([C@H](O)[C@@H](CO)NC(=O)CN(CCN(CCN(CC(=O)O)CC(=O)O)CC(=O)O)CC(=O)O)[C@H](O)CO)O[C@H](CO)[C@@H](O)[C@@H]1O. The molecule has 1 heterocycles. The van der Waals surface area contributed by atoms with Gasteiger partial charge in [0.15, 0.2) is 6.29 Å². The van der Waals surface area contributed by atoms with Crippen molar-refractivity contribution < 1.29 is 134 Å². The Bertz CT molecular complexity index is 1860. The van der Waals surface area contributed by atoms with Gasteiger partial charge >= 0.3 is 47.8 Å². The van der Waals surface area contributed by atoms with E-state index in [1.807, 2.05) is 0 Å². The van der Waals surface area contributed by atoms with Gasteiger partial charge in [-0.05, 0) is 0 Å². The number of carbonyl (C=O) groups is 10. The predicted octanol–water partition coefficient (Wildman–Crippen LogP) is -11.0. The highest BCUT2D eigenvalue weighted by molar-refractivity contribution is 5.80. The van der Waals surface area contributed by atoms with Gasteiger partial charge in [0.2, 0.25) is 11.8 Å². The van der Waals surface area contributed by atoms with E-state index in [-0.39, 0.29) is 52.4 Å². The first-order chi connectivity index (χ1) is 35.1. The number of ether oxygens (including phenoxy) is 2. The molecule has 2 amide bonds. The molecule has 0 spiro atoms. The lowest BCUT2D eigenvalue weighted by Crippen LogP contribution is -2.67. The van der Waals surface area contributed by atoms with Crippen LogP contribution in [0, 0.1) is 0 Å². The molecule has 0 aromatic carbocycles. The van der Waals surface area contributed by atoms with Gasteiger partial charge in [0.25, 0.3) is 0 Å². The van der Waals surface area contributed by atoms with Gasteiger partial charge in [-0.25, -0.2) is 0 Å². The van der Waals surface area contributed by atoms with Gasteiger partial charge in [-0.15, -0.1) is 0 Å². The summed E-state index contributed by atoms with van der Waals surface area (Å²) in [6, 6.07) is -3.80. The summed E-state index contributed by atoms with van der Waals surface area (Å²) in [7, 11) is 0. The summed E-state index contributed by atoms with van der Waals surface area (Å²) in [6.07, 6.45) is -14.6. The smallest absolute Gasteiger partial charge is 0.317 e. The van der Waals surface area contributed by atoms with Gasteiger partial charge in [0, 0.05) is 52.4 Å². The van der Waals surface area contributed by atoms with E-state index in [1.54, 1.807) is 0 Å². The van der Waals surface area contributed by atoms with Crippen LogP contribution in [-0.2, 0) is 57.4 Å². The van der Waals surface area contributed by atoms with Crippen LogP contribution in [0.4, 0.5) is 0 Å². The van der Waals surface area contributed by atoms with Crippen molar-refractivity contribution in [3.63, 3.8) is 0 Å². The van der Waals surface area contributed by atoms with Crippen LogP contribution in [0.2, 0.25) is 0 Å². The Hall–Kier alpha value is -5.90. The average Bonchev–Trinajstić information content (AvgIpc) is 3.28. The van der Waals surface area contributed by atoms with E-state index in [4.69, 9.17) is 29.9 Å². The fraction of sp³-hybridized carbons (Fsp3) is 0.750. The molecule has 35 nitrogen and oxygen atoms in total. The van der Waals surface area contributed by atoms with Crippen molar-refractivity contribution in [3.8, 4) is 0 Å². The highest BCUT2D eigenvalue weighted by atomic mass is 16.7. The molecule has 1 rings (SSSR count). The summed E-state index contributed by atoms with van der Waals surface area (Å²) in [5.74, 6) is -13.5. The highest BCUT2D eigenvalue weighted by Crippen LogP contribution is 2.25. The molecule has 9 atom stereocenters. The first-order valence-corrected chi connectivity index (χ1v) is 22.6. The van der Waals surface area contributed by atoms with Crippen molar-refractivity contribution >= 4 is 59.6 Å². The topological polar surface area (TPSA) is 536 Å². The fourth-order valence-corrected chi connectivity index (χ4v) is 7.43. The number of amides is 2. The molecule has 0 aromatic rings. The van der Waals surface area contributed by atoms with Gasteiger partial charge < -0.3 is 96.7 Å². The van der Waals surface area contributed by atoms with E-state index in [2.05, 4.69) is 10.6 Å². The number of carboxylic acid groups (broad SMARTS) is 8. The lowest BCUT2D eigenvalue weighted by molar-refractivity contribution is -0.300. The molecule has 430 valence electrons. The highest BCUT2D eigenvalue weighted by Gasteiger charge is 2.48. The zero-order valence-electron chi connectivity index (χ0n) is 40.3. The summed E-state index contributed by atoms with van der Waals surface area (Å²) in [4.78, 5) is 125. The number of rotatable bonds is 42. The molecule has 1 saturated heterocycles. The molecule has 0 radical (unpaired) electrons. The number of nitrogens with one attached hydrogen (secondary N) is 2. The molecule has 0 aromatic heterocycles. The predicted molar refractivity (Wildman–Crippen MR) is 242 cm³/mol. The number of hydrogen-bond donors (Lipinski definition) is 17. The summed E-state index contributed by atoms with van der Waals surface area (Å²) in [6.45, 7) is -13.4. The van der Waals surface area contributed by atoms with Crippen LogP contribution < -0.4 is 10.6 Å². The van der Waals surface area contributed by atoms with Crippen LogP contribution in [0.15, 0.2) is 0 Å². The van der Waals surface area contributed by atoms with E-state index in [0.29, 0.717) is 0 Å². The molecule has 75 heavy (non-hydrogen) atoms. The third-order valence-electron chi connectivity index (χ3n) is 10.9. The monoisotopic (exact) mass is 1090 g/mol. The van der Waals surface area contributed by atoms with Crippen LogP contribution in [0.1, 0.15) is 0 Å². The Morgan fingerprint density at radius 3 is 1.09 bits per heavy atom. The van der Waals surface area contributed by atoms with Crippen LogP contribution in [0.25, 0.3) is 0 Å². The second kappa shape index (κ2) is 34.6. The number of aliphatic carboxylic acids is 8. The molecular weight excluding hydrogens is 1020 g/mol. The number of carbonyl (C=O) groups excluding carboxylic acids is 2. The van der Waals surface area contributed by atoms with Crippen LogP contribution in [0.3, 0.4) is 0 Å². The van der Waals surface area contributed by atoms with Crippen LogP contribution >= 0.6 is 0 Å². The van der Waals surface area contributed by atoms with E-state index >= 15 is 0 Å². The van der Waals surface area contributed by atoms with Crippen molar-refractivity contribution in [2.45, 2.75) is 55.0 Å². The van der Waals surface area contributed by atoms with Gasteiger partial charge in [-0.2, -0.15) is 0 Å². The molecule has 0 unspecified atom stereocenters. The Morgan fingerprint density at radius 1 is 0.453 bits per heavy atom. The Balaban J connectivity index is 3.34. The molecule has 17 N–H and O–H groups in total. The number of aliphatic hydroxyl groups excluding tert-OH is 7. The normalized spacial score (nSPS) is 19.5. The molecule has 35 heteroatoms. The van der Waals surface area contributed by atoms with E-state index < -0.39 is 200 Å². The summed E-state index contributed by atoms with van der Waals surface area (Å²) < 4.78 is 11.3. The van der Waals surface area contributed by atoms with Gasteiger partial charge in [0.1, 0.15) is 42.7 Å². The van der Waals surface area contributed by atoms with Crippen LogP contribution in [0.5, 0.6) is 0 Å². The first kappa shape index (κ1) is 67.1. The molecule has 0 saturated carbocycles. The van der Waals surface area contributed by atoms with E-state index in [0.717, 1.165) is 19.6 Å². The number of aliphatic hydroxyl groups is 7. The van der Waals surface area contributed by atoms with Crippen molar-refractivity contribution in [3.05, 3.63) is 0 Å². The lowest BCUT2D eigenvalue weighted by atomic mass is 9.96. The Morgan fingerprint density at radius 2 is 0.773 bits per heavy atom. The third kappa shape index (κ3) is 27.5. The largest absolute Gasteiger partial charge is 0.480 e. The molecular formula is C40H68N8O27.